The van der Waals surface area contributed by atoms with Crippen LogP contribution in [0.1, 0.15) is 17.5 Å². The maximum absolute atomic E-state index is 13.2. The molecule has 7 nitrogen and oxygen atoms in total. The van der Waals surface area contributed by atoms with Gasteiger partial charge in [0.05, 0.1) is 19.2 Å². The number of hydrogen-bond donors (Lipinski definition) is 1. The van der Waals surface area contributed by atoms with E-state index in [4.69, 9.17) is 4.74 Å². The molecule has 2 aromatic carbocycles. The molecule has 2 aromatic heterocycles. The zero-order valence-electron chi connectivity index (χ0n) is 18.3. The van der Waals surface area contributed by atoms with Crippen LogP contribution in [0.15, 0.2) is 75.6 Å². The number of benzene rings is 2. The molecule has 4 rings (SSSR count). The molecule has 33 heavy (non-hydrogen) atoms. The van der Waals surface area contributed by atoms with Crippen LogP contribution >= 0.6 is 11.3 Å². The van der Waals surface area contributed by atoms with Crippen LogP contribution < -0.4 is 21.3 Å². The van der Waals surface area contributed by atoms with Gasteiger partial charge in [0.15, 0.2) is 0 Å². The Balaban J connectivity index is 1.50. The molecular weight excluding hydrogens is 438 g/mol. The number of amides is 1. The summed E-state index contributed by atoms with van der Waals surface area (Å²) in [5.41, 5.74) is 1.65. The second-order valence-electron chi connectivity index (χ2n) is 7.68. The van der Waals surface area contributed by atoms with E-state index in [2.05, 4.69) is 17.4 Å². The van der Waals surface area contributed by atoms with Gasteiger partial charge in [-0.15, -0.1) is 11.3 Å². The summed E-state index contributed by atoms with van der Waals surface area (Å²) in [6.45, 7) is 0.495. The van der Waals surface area contributed by atoms with E-state index in [0.717, 1.165) is 18.4 Å². The summed E-state index contributed by atoms with van der Waals surface area (Å²) in [6, 6.07) is 19.0. The number of nitrogens with one attached hydrogen (secondary N) is 1. The average Bonchev–Trinajstić information content (AvgIpc) is 3.33. The van der Waals surface area contributed by atoms with Gasteiger partial charge in [-0.05, 0) is 47.5 Å². The Kier molecular flexibility index (Phi) is 7.04. The summed E-state index contributed by atoms with van der Waals surface area (Å²) in [4.78, 5) is 38.8. The molecule has 0 unspecified atom stereocenters. The molecule has 0 atom stereocenters. The number of rotatable bonds is 9. The van der Waals surface area contributed by atoms with Crippen LogP contribution in [0, 0.1) is 0 Å². The summed E-state index contributed by atoms with van der Waals surface area (Å²) in [7, 11) is 1.58. The van der Waals surface area contributed by atoms with E-state index in [1.54, 1.807) is 30.7 Å². The topological polar surface area (TPSA) is 82.3 Å². The van der Waals surface area contributed by atoms with Crippen LogP contribution in [0.3, 0.4) is 0 Å². The van der Waals surface area contributed by atoms with Crippen molar-refractivity contribution in [3.8, 4) is 5.75 Å². The second-order valence-corrected chi connectivity index (χ2v) is 8.60. The highest BCUT2D eigenvalue weighted by Gasteiger charge is 2.16. The number of aryl methyl sites for hydroxylation is 1. The quantitative estimate of drug-likeness (QED) is 0.387. The van der Waals surface area contributed by atoms with Gasteiger partial charge in [-0.1, -0.05) is 42.5 Å². The maximum atomic E-state index is 13.2. The van der Waals surface area contributed by atoms with Gasteiger partial charge in [0.25, 0.3) is 5.56 Å². The van der Waals surface area contributed by atoms with E-state index in [-0.39, 0.29) is 24.6 Å². The molecule has 4 aromatic rings. The molecule has 0 bridgehead atoms. The largest absolute Gasteiger partial charge is 0.497 e. The maximum Gasteiger partial charge on any atom is 0.332 e. The highest BCUT2D eigenvalue weighted by Crippen LogP contribution is 2.16. The molecule has 0 aliphatic carbocycles. The van der Waals surface area contributed by atoms with Crippen molar-refractivity contribution >= 4 is 27.5 Å². The van der Waals surface area contributed by atoms with Crippen molar-refractivity contribution in [1.82, 2.24) is 14.5 Å². The lowest BCUT2D eigenvalue weighted by Crippen LogP contribution is -2.42. The fourth-order valence-corrected chi connectivity index (χ4v) is 4.55. The molecule has 0 saturated heterocycles. The van der Waals surface area contributed by atoms with Gasteiger partial charge in [0.1, 0.15) is 17.0 Å². The minimum absolute atomic E-state index is 0.119. The Morgan fingerprint density at radius 1 is 0.970 bits per heavy atom. The number of methoxy groups -OCH3 is 1. The van der Waals surface area contributed by atoms with E-state index in [1.165, 1.54) is 26.0 Å². The first-order valence-electron chi connectivity index (χ1n) is 10.7. The summed E-state index contributed by atoms with van der Waals surface area (Å²) in [5, 5.41) is 4.65. The smallest absolute Gasteiger partial charge is 0.332 e. The predicted molar refractivity (Wildman–Crippen MR) is 130 cm³/mol. The lowest BCUT2D eigenvalue weighted by Gasteiger charge is -2.13. The number of hydrogen-bond acceptors (Lipinski definition) is 5. The fourth-order valence-electron chi connectivity index (χ4n) is 3.70. The van der Waals surface area contributed by atoms with Crippen molar-refractivity contribution in [3.05, 3.63) is 98.0 Å². The first-order valence-corrected chi connectivity index (χ1v) is 11.6. The minimum atomic E-state index is -0.499. The Morgan fingerprint density at radius 3 is 2.45 bits per heavy atom. The lowest BCUT2D eigenvalue weighted by atomic mass is 10.1. The second kappa shape index (κ2) is 10.3. The Bertz CT molecular complexity index is 1350. The normalized spacial score (nSPS) is 10.9. The average molecular weight is 464 g/mol. The van der Waals surface area contributed by atoms with Crippen molar-refractivity contribution in [2.45, 2.75) is 25.9 Å². The van der Waals surface area contributed by atoms with Crippen LogP contribution in [0.5, 0.6) is 5.75 Å². The van der Waals surface area contributed by atoms with Gasteiger partial charge in [-0.3, -0.25) is 18.7 Å². The zero-order chi connectivity index (χ0) is 23.2. The third-order valence-corrected chi connectivity index (χ3v) is 6.34. The number of carbonyl (C=O) groups excluding carboxylic acids is 1. The van der Waals surface area contributed by atoms with Crippen molar-refractivity contribution in [2.24, 2.45) is 0 Å². The van der Waals surface area contributed by atoms with E-state index in [0.29, 0.717) is 22.5 Å². The number of ether oxygens (including phenoxy) is 1. The molecule has 0 saturated carbocycles. The van der Waals surface area contributed by atoms with E-state index < -0.39 is 5.69 Å². The van der Waals surface area contributed by atoms with Crippen LogP contribution in [0.25, 0.3) is 10.2 Å². The van der Waals surface area contributed by atoms with Gasteiger partial charge < -0.3 is 10.1 Å². The van der Waals surface area contributed by atoms with E-state index >= 15 is 0 Å². The lowest BCUT2D eigenvalue weighted by molar-refractivity contribution is -0.121. The number of nitrogens with zero attached hydrogens (tertiary/aromatic N) is 2. The number of thiophene rings is 1. The van der Waals surface area contributed by atoms with E-state index in [9.17, 15) is 14.4 Å². The third-order valence-electron chi connectivity index (χ3n) is 5.45. The molecule has 170 valence electrons. The van der Waals surface area contributed by atoms with Crippen molar-refractivity contribution in [1.29, 1.82) is 0 Å². The van der Waals surface area contributed by atoms with Crippen LogP contribution in [-0.2, 0) is 24.3 Å². The first kappa shape index (κ1) is 22.5. The third kappa shape index (κ3) is 5.23. The molecular formula is C25H25N3O4S. The summed E-state index contributed by atoms with van der Waals surface area (Å²) < 4.78 is 8.19. The van der Waals surface area contributed by atoms with Crippen LogP contribution in [0.2, 0.25) is 0 Å². The highest BCUT2D eigenvalue weighted by atomic mass is 32.1. The van der Waals surface area contributed by atoms with E-state index in [1.807, 2.05) is 30.3 Å². The molecule has 1 N–H and O–H groups in total. The van der Waals surface area contributed by atoms with Crippen molar-refractivity contribution in [3.63, 3.8) is 0 Å². The van der Waals surface area contributed by atoms with Crippen molar-refractivity contribution < 1.29 is 9.53 Å². The molecule has 0 aliphatic rings. The first-order chi connectivity index (χ1) is 16.1. The zero-order valence-corrected chi connectivity index (χ0v) is 19.1. The Hall–Kier alpha value is -3.65. The van der Waals surface area contributed by atoms with Gasteiger partial charge >= 0.3 is 5.69 Å². The minimum Gasteiger partial charge on any atom is -0.497 e. The molecule has 8 heteroatoms. The fraction of sp³-hybridized carbons (Fsp3) is 0.240. The number of fused-ring (bicyclic) bond motifs is 1. The summed E-state index contributed by atoms with van der Waals surface area (Å²) >= 11 is 1.27. The molecule has 0 spiro atoms. The summed E-state index contributed by atoms with van der Waals surface area (Å²) in [6.07, 6.45) is 1.66. The Morgan fingerprint density at radius 2 is 1.73 bits per heavy atom. The molecule has 0 fully saturated rings. The standard InChI is InChI=1S/C25H25N3O4S/c1-32-20-11-9-19(10-12-20)16-28-24(30)23-21(13-15-33-23)27(25(28)31)17-22(29)26-14-5-8-18-6-3-2-4-7-18/h2-4,6-7,9-13,15H,5,8,14,16-17H2,1H3,(H,26,29). The molecule has 2 heterocycles. The molecule has 1 amide bonds. The monoisotopic (exact) mass is 463 g/mol. The van der Waals surface area contributed by atoms with Gasteiger partial charge in [0, 0.05) is 6.54 Å². The van der Waals surface area contributed by atoms with Crippen molar-refractivity contribution in [2.75, 3.05) is 13.7 Å². The SMILES string of the molecule is COc1ccc(Cn2c(=O)c3sccc3n(CC(=O)NCCCc3ccccc3)c2=O)cc1. The molecule has 0 radical (unpaired) electrons. The summed E-state index contributed by atoms with van der Waals surface area (Å²) in [5.74, 6) is 0.438. The molecule has 0 aliphatic heterocycles. The number of carbonyl (C=O) groups is 1. The van der Waals surface area contributed by atoms with Gasteiger partial charge in [-0.25, -0.2) is 4.79 Å². The highest BCUT2D eigenvalue weighted by molar-refractivity contribution is 7.17. The number of aromatic nitrogens is 2. The Labute approximate surface area is 194 Å². The van der Waals surface area contributed by atoms with Crippen LogP contribution in [-0.4, -0.2) is 28.7 Å². The van der Waals surface area contributed by atoms with Crippen LogP contribution in [0.4, 0.5) is 0 Å². The van der Waals surface area contributed by atoms with Gasteiger partial charge in [-0.2, -0.15) is 0 Å². The predicted octanol–water partition coefficient (Wildman–Crippen LogP) is 3.03. The van der Waals surface area contributed by atoms with Gasteiger partial charge in [0.2, 0.25) is 5.91 Å².